The van der Waals surface area contributed by atoms with Gasteiger partial charge in [-0.25, -0.2) is 8.42 Å². The smallest absolute Gasteiger partial charge is 0.150 e. The summed E-state index contributed by atoms with van der Waals surface area (Å²) in [6.45, 7) is 3.88. The SMILES string of the molecule is CC[C@H](O)c1ccccc1OCCCS(=O)(=O)CC. The zero-order chi connectivity index (χ0) is 14.3. The maximum absolute atomic E-state index is 11.3. The van der Waals surface area contributed by atoms with Gasteiger partial charge >= 0.3 is 0 Å². The fourth-order valence-electron chi connectivity index (χ4n) is 1.71. The van der Waals surface area contributed by atoms with Crippen LogP contribution in [0.5, 0.6) is 5.75 Å². The highest BCUT2D eigenvalue weighted by Crippen LogP contribution is 2.26. The van der Waals surface area contributed by atoms with Crippen LogP contribution in [0.1, 0.15) is 38.4 Å². The highest BCUT2D eigenvalue weighted by atomic mass is 32.2. The Morgan fingerprint density at radius 1 is 1.26 bits per heavy atom. The molecule has 0 fully saturated rings. The maximum atomic E-state index is 11.3. The largest absolute Gasteiger partial charge is 0.493 e. The molecule has 19 heavy (non-hydrogen) atoms. The number of aliphatic hydroxyl groups is 1. The van der Waals surface area contributed by atoms with E-state index in [-0.39, 0.29) is 11.5 Å². The van der Waals surface area contributed by atoms with Gasteiger partial charge in [0.1, 0.15) is 15.6 Å². The van der Waals surface area contributed by atoms with Crippen LogP contribution < -0.4 is 4.74 Å². The summed E-state index contributed by atoms with van der Waals surface area (Å²) in [6.07, 6.45) is 0.535. The van der Waals surface area contributed by atoms with Crippen molar-refractivity contribution in [1.82, 2.24) is 0 Å². The number of rotatable bonds is 8. The van der Waals surface area contributed by atoms with Crippen molar-refractivity contribution >= 4 is 9.84 Å². The van der Waals surface area contributed by atoms with Gasteiger partial charge in [0.05, 0.1) is 18.5 Å². The Hall–Kier alpha value is -1.07. The molecule has 0 saturated heterocycles. The molecule has 0 radical (unpaired) electrons. The standard InChI is InChI=1S/C14H22O4S/c1-3-13(15)12-8-5-6-9-14(12)18-10-7-11-19(16,17)4-2/h5-6,8-9,13,15H,3-4,7,10-11H2,1-2H3/t13-/m0/s1. The Kier molecular flexibility index (Phi) is 6.31. The van der Waals surface area contributed by atoms with E-state index in [2.05, 4.69) is 0 Å². The van der Waals surface area contributed by atoms with E-state index in [1.54, 1.807) is 13.0 Å². The molecule has 0 spiro atoms. The molecule has 0 heterocycles. The van der Waals surface area contributed by atoms with Crippen LogP contribution in [0.25, 0.3) is 0 Å². The minimum atomic E-state index is -2.93. The van der Waals surface area contributed by atoms with Gasteiger partial charge in [0.2, 0.25) is 0 Å². The van der Waals surface area contributed by atoms with Crippen LogP contribution in [-0.2, 0) is 9.84 Å². The summed E-state index contributed by atoms with van der Waals surface area (Å²) in [5, 5.41) is 9.86. The summed E-state index contributed by atoms with van der Waals surface area (Å²) in [5.41, 5.74) is 0.753. The van der Waals surface area contributed by atoms with Gasteiger partial charge in [0, 0.05) is 11.3 Å². The van der Waals surface area contributed by atoms with E-state index in [1.807, 2.05) is 25.1 Å². The Balaban J connectivity index is 2.54. The topological polar surface area (TPSA) is 63.6 Å². The van der Waals surface area contributed by atoms with Crippen LogP contribution in [0.3, 0.4) is 0 Å². The normalized spacial score (nSPS) is 13.2. The number of sulfone groups is 1. The number of ether oxygens (including phenoxy) is 1. The first-order valence-corrected chi connectivity index (χ1v) is 8.42. The van der Waals surface area contributed by atoms with Crippen LogP contribution >= 0.6 is 0 Å². The molecule has 1 aromatic rings. The average Bonchev–Trinajstić information content (AvgIpc) is 2.43. The van der Waals surface area contributed by atoms with E-state index in [1.165, 1.54) is 0 Å². The molecule has 0 bridgehead atoms. The molecule has 0 unspecified atom stereocenters. The molecule has 0 aliphatic carbocycles. The van der Waals surface area contributed by atoms with Gasteiger partial charge in [-0.15, -0.1) is 0 Å². The summed E-state index contributed by atoms with van der Waals surface area (Å²) in [5.74, 6) is 0.936. The third-order valence-corrected chi connectivity index (χ3v) is 4.75. The third kappa shape index (κ3) is 5.20. The zero-order valence-electron chi connectivity index (χ0n) is 11.5. The molecule has 0 aliphatic rings. The van der Waals surface area contributed by atoms with Crippen molar-refractivity contribution in [3.8, 4) is 5.75 Å². The van der Waals surface area contributed by atoms with Crippen molar-refractivity contribution in [3.05, 3.63) is 29.8 Å². The zero-order valence-corrected chi connectivity index (χ0v) is 12.3. The molecule has 4 nitrogen and oxygen atoms in total. The fourth-order valence-corrected chi connectivity index (χ4v) is 2.56. The van der Waals surface area contributed by atoms with Crippen LogP contribution in [0.2, 0.25) is 0 Å². The third-order valence-electron chi connectivity index (χ3n) is 2.96. The fraction of sp³-hybridized carbons (Fsp3) is 0.571. The predicted molar refractivity (Wildman–Crippen MR) is 76.1 cm³/mol. The van der Waals surface area contributed by atoms with Crippen molar-refractivity contribution in [2.45, 2.75) is 32.8 Å². The number of hydrogen-bond acceptors (Lipinski definition) is 4. The predicted octanol–water partition coefficient (Wildman–Crippen LogP) is 2.33. The molecule has 1 N–H and O–H groups in total. The van der Waals surface area contributed by atoms with Gasteiger partial charge in [-0.05, 0) is 18.9 Å². The summed E-state index contributed by atoms with van der Waals surface area (Å²) in [7, 11) is -2.93. The maximum Gasteiger partial charge on any atom is 0.150 e. The minimum absolute atomic E-state index is 0.141. The molecular formula is C14H22O4S. The van der Waals surface area contributed by atoms with Crippen molar-refractivity contribution < 1.29 is 18.3 Å². The quantitative estimate of drug-likeness (QED) is 0.745. The van der Waals surface area contributed by atoms with Crippen LogP contribution in [-0.4, -0.2) is 31.6 Å². The average molecular weight is 286 g/mol. The molecule has 5 heteroatoms. The second-order valence-electron chi connectivity index (χ2n) is 4.40. The Labute approximate surface area is 115 Å². The lowest BCUT2D eigenvalue weighted by atomic mass is 10.1. The summed E-state index contributed by atoms with van der Waals surface area (Å²) < 4.78 is 28.2. The number of aliphatic hydroxyl groups excluding tert-OH is 1. The molecule has 0 aliphatic heterocycles. The van der Waals surface area contributed by atoms with Gasteiger partial charge in [-0.2, -0.15) is 0 Å². The summed E-state index contributed by atoms with van der Waals surface area (Å²) in [6, 6.07) is 7.31. The van der Waals surface area contributed by atoms with E-state index in [0.717, 1.165) is 5.56 Å². The highest BCUT2D eigenvalue weighted by Gasteiger charge is 2.11. The van der Waals surface area contributed by atoms with Gasteiger partial charge < -0.3 is 9.84 Å². The van der Waals surface area contributed by atoms with Gasteiger partial charge in [-0.1, -0.05) is 32.0 Å². The van der Waals surface area contributed by atoms with Gasteiger partial charge in [0.15, 0.2) is 0 Å². The molecule has 0 amide bonds. The van der Waals surface area contributed by atoms with E-state index in [4.69, 9.17) is 4.74 Å². The first kappa shape index (κ1) is 16.0. The Morgan fingerprint density at radius 3 is 2.58 bits per heavy atom. The van der Waals surface area contributed by atoms with E-state index < -0.39 is 15.9 Å². The molecule has 0 aromatic heterocycles. The molecule has 0 saturated carbocycles. The minimum Gasteiger partial charge on any atom is -0.493 e. The van der Waals surface area contributed by atoms with Crippen molar-refractivity contribution in [2.24, 2.45) is 0 Å². The Morgan fingerprint density at radius 2 is 1.95 bits per heavy atom. The van der Waals surface area contributed by atoms with E-state index in [9.17, 15) is 13.5 Å². The van der Waals surface area contributed by atoms with Gasteiger partial charge in [-0.3, -0.25) is 0 Å². The first-order chi connectivity index (χ1) is 9.00. The lowest BCUT2D eigenvalue weighted by Gasteiger charge is -2.14. The monoisotopic (exact) mass is 286 g/mol. The first-order valence-electron chi connectivity index (χ1n) is 6.60. The molecule has 1 aromatic carbocycles. The molecule has 1 rings (SSSR count). The Bertz CT molecular complexity index is 482. The number of benzene rings is 1. The summed E-state index contributed by atoms with van der Waals surface area (Å²) in [4.78, 5) is 0. The second kappa shape index (κ2) is 7.50. The molecule has 108 valence electrons. The lowest BCUT2D eigenvalue weighted by molar-refractivity contribution is 0.167. The summed E-state index contributed by atoms with van der Waals surface area (Å²) >= 11 is 0. The lowest BCUT2D eigenvalue weighted by Crippen LogP contribution is -2.12. The van der Waals surface area contributed by atoms with E-state index in [0.29, 0.717) is 25.2 Å². The van der Waals surface area contributed by atoms with Crippen molar-refractivity contribution in [2.75, 3.05) is 18.1 Å². The van der Waals surface area contributed by atoms with Crippen molar-refractivity contribution in [1.29, 1.82) is 0 Å². The number of hydrogen-bond donors (Lipinski definition) is 1. The van der Waals surface area contributed by atoms with Crippen LogP contribution in [0.15, 0.2) is 24.3 Å². The van der Waals surface area contributed by atoms with E-state index >= 15 is 0 Å². The van der Waals surface area contributed by atoms with Crippen LogP contribution in [0, 0.1) is 0 Å². The number of para-hydroxylation sites is 1. The van der Waals surface area contributed by atoms with Gasteiger partial charge in [0.25, 0.3) is 0 Å². The van der Waals surface area contributed by atoms with Crippen LogP contribution in [0.4, 0.5) is 0 Å². The molecule has 1 atom stereocenters. The van der Waals surface area contributed by atoms with Crippen molar-refractivity contribution in [3.63, 3.8) is 0 Å². The molecular weight excluding hydrogens is 264 g/mol. The highest BCUT2D eigenvalue weighted by molar-refractivity contribution is 7.91. The second-order valence-corrected chi connectivity index (χ2v) is 6.87.